The van der Waals surface area contributed by atoms with Crippen molar-refractivity contribution in [1.82, 2.24) is 5.32 Å². The van der Waals surface area contributed by atoms with Gasteiger partial charge >= 0.3 is 0 Å². The van der Waals surface area contributed by atoms with Crippen molar-refractivity contribution < 1.29 is 4.79 Å². The van der Waals surface area contributed by atoms with Crippen LogP contribution in [0.15, 0.2) is 24.3 Å². The van der Waals surface area contributed by atoms with Gasteiger partial charge in [-0.05, 0) is 36.8 Å². The predicted octanol–water partition coefficient (Wildman–Crippen LogP) is 2.48. The fraction of sp³-hybridized carbons (Fsp3) is 0.533. The van der Waals surface area contributed by atoms with Crippen molar-refractivity contribution in [3.8, 4) is 0 Å². The number of rotatable bonds is 4. The molecule has 0 saturated carbocycles. The number of fused-ring (bicyclic) bond motifs is 1. The topological polar surface area (TPSA) is 55.1 Å². The zero-order valence-electron chi connectivity index (χ0n) is 11.1. The van der Waals surface area contributed by atoms with Crippen LogP contribution >= 0.6 is 0 Å². The van der Waals surface area contributed by atoms with Crippen molar-refractivity contribution >= 4 is 5.91 Å². The Morgan fingerprint density at radius 1 is 1.39 bits per heavy atom. The smallest absolute Gasteiger partial charge is 0.218 e. The van der Waals surface area contributed by atoms with Crippen molar-refractivity contribution in [3.63, 3.8) is 0 Å². The van der Waals surface area contributed by atoms with Crippen molar-refractivity contribution in [3.05, 3.63) is 35.4 Å². The minimum Gasteiger partial charge on any atom is -0.370 e. The highest BCUT2D eigenvalue weighted by molar-refractivity contribution is 5.74. The maximum atomic E-state index is 10.9. The molecule has 0 saturated heterocycles. The first-order valence-electron chi connectivity index (χ1n) is 6.71. The van der Waals surface area contributed by atoms with Gasteiger partial charge in [0.15, 0.2) is 0 Å². The highest BCUT2D eigenvalue weighted by Crippen LogP contribution is 2.37. The molecular formula is C15H22N2O. The van der Waals surface area contributed by atoms with Gasteiger partial charge in [0, 0.05) is 18.5 Å². The molecule has 0 aliphatic heterocycles. The monoisotopic (exact) mass is 246 g/mol. The summed E-state index contributed by atoms with van der Waals surface area (Å²) in [5.41, 5.74) is 8.06. The Kier molecular flexibility index (Phi) is 4.02. The number of hydrogen-bond acceptors (Lipinski definition) is 2. The summed E-state index contributed by atoms with van der Waals surface area (Å²) in [7, 11) is 0. The Balaban J connectivity index is 2.11. The molecular weight excluding hydrogens is 224 g/mol. The molecule has 0 unspecified atom stereocenters. The van der Waals surface area contributed by atoms with Crippen LogP contribution in [0.2, 0.25) is 0 Å². The summed E-state index contributed by atoms with van der Waals surface area (Å²) in [5, 5.41) is 3.53. The Morgan fingerprint density at radius 3 is 2.72 bits per heavy atom. The largest absolute Gasteiger partial charge is 0.370 e. The van der Waals surface area contributed by atoms with E-state index in [2.05, 4.69) is 36.5 Å². The molecule has 3 nitrogen and oxygen atoms in total. The van der Waals surface area contributed by atoms with Crippen LogP contribution in [0.4, 0.5) is 0 Å². The van der Waals surface area contributed by atoms with E-state index in [1.807, 2.05) is 6.92 Å². The van der Waals surface area contributed by atoms with E-state index in [1.165, 1.54) is 17.5 Å². The molecule has 0 spiro atoms. The molecule has 1 aromatic rings. The lowest BCUT2D eigenvalue weighted by molar-refractivity contribution is -0.118. The fourth-order valence-corrected chi connectivity index (χ4v) is 2.88. The number of hydrogen-bond donors (Lipinski definition) is 2. The first-order chi connectivity index (χ1) is 8.58. The lowest BCUT2D eigenvalue weighted by Gasteiger charge is -2.32. The molecule has 0 radical (unpaired) electrons. The zero-order chi connectivity index (χ0) is 13.1. The summed E-state index contributed by atoms with van der Waals surface area (Å²) < 4.78 is 0. The molecule has 0 bridgehead atoms. The molecule has 3 heteroatoms. The summed E-state index contributed by atoms with van der Waals surface area (Å²) in [6.45, 7) is 4.30. The number of nitrogens with two attached hydrogens (primary N) is 1. The minimum absolute atomic E-state index is 0.133. The van der Waals surface area contributed by atoms with Gasteiger partial charge in [-0.3, -0.25) is 4.79 Å². The second-order valence-corrected chi connectivity index (χ2v) is 5.40. The maximum Gasteiger partial charge on any atom is 0.218 e. The van der Waals surface area contributed by atoms with Gasteiger partial charge < -0.3 is 11.1 Å². The third-order valence-electron chi connectivity index (χ3n) is 3.78. The Labute approximate surface area is 109 Å². The zero-order valence-corrected chi connectivity index (χ0v) is 11.1. The predicted molar refractivity (Wildman–Crippen MR) is 73.2 cm³/mol. The number of amides is 1. The molecule has 3 N–H and O–H groups in total. The molecule has 18 heavy (non-hydrogen) atoms. The Morgan fingerprint density at radius 2 is 2.06 bits per heavy atom. The van der Waals surface area contributed by atoms with Crippen LogP contribution in [-0.4, -0.2) is 11.9 Å². The molecule has 1 aromatic carbocycles. The van der Waals surface area contributed by atoms with Gasteiger partial charge in [-0.15, -0.1) is 0 Å². The summed E-state index contributed by atoms with van der Waals surface area (Å²) in [4.78, 5) is 10.9. The molecule has 0 fully saturated rings. The van der Waals surface area contributed by atoms with Crippen LogP contribution in [0.3, 0.4) is 0 Å². The summed E-state index contributed by atoms with van der Waals surface area (Å²) >= 11 is 0. The molecule has 1 aliphatic rings. The third kappa shape index (κ3) is 2.91. The number of primary amides is 1. The van der Waals surface area contributed by atoms with Gasteiger partial charge in [-0.25, -0.2) is 0 Å². The van der Waals surface area contributed by atoms with E-state index < -0.39 is 0 Å². The van der Waals surface area contributed by atoms with Gasteiger partial charge in [-0.2, -0.15) is 0 Å². The van der Waals surface area contributed by atoms with E-state index in [9.17, 15) is 4.79 Å². The quantitative estimate of drug-likeness (QED) is 0.857. The number of nitrogens with one attached hydrogen (secondary N) is 1. The van der Waals surface area contributed by atoms with Gasteiger partial charge in [0.05, 0.1) is 0 Å². The number of benzene rings is 1. The van der Waals surface area contributed by atoms with Crippen molar-refractivity contribution in [1.29, 1.82) is 0 Å². The third-order valence-corrected chi connectivity index (χ3v) is 3.78. The Bertz CT molecular complexity index is 430. The van der Waals surface area contributed by atoms with Crippen LogP contribution < -0.4 is 11.1 Å². The molecule has 3 atom stereocenters. The SMILES string of the molecule is C[C@@H](CC(N)=O)N[C@@H]1CC[C@H](C)c2ccccc21. The Hall–Kier alpha value is -1.35. The second kappa shape index (κ2) is 5.53. The molecule has 2 rings (SSSR count). The van der Waals surface area contributed by atoms with Crippen LogP contribution in [0.1, 0.15) is 56.2 Å². The normalized spacial score (nSPS) is 24.3. The van der Waals surface area contributed by atoms with Crippen LogP contribution in [0, 0.1) is 0 Å². The van der Waals surface area contributed by atoms with E-state index in [4.69, 9.17) is 5.73 Å². The van der Waals surface area contributed by atoms with Crippen LogP contribution in [-0.2, 0) is 4.79 Å². The highest BCUT2D eigenvalue weighted by Gasteiger charge is 2.25. The first-order valence-corrected chi connectivity index (χ1v) is 6.71. The average Bonchev–Trinajstić information content (AvgIpc) is 2.32. The minimum atomic E-state index is -0.243. The van der Waals surface area contributed by atoms with Crippen molar-refractivity contribution in [2.45, 2.75) is 51.1 Å². The summed E-state index contributed by atoms with van der Waals surface area (Å²) in [6, 6.07) is 9.09. The summed E-state index contributed by atoms with van der Waals surface area (Å²) in [6.07, 6.45) is 2.72. The van der Waals surface area contributed by atoms with Gasteiger partial charge in [0.1, 0.15) is 0 Å². The highest BCUT2D eigenvalue weighted by atomic mass is 16.1. The van der Waals surface area contributed by atoms with E-state index in [0.717, 1.165) is 6.42 Å². The lowest BCUT2D eigenvalue weighted by Crippen LogP contribution is -2.35. The second-order valence-electron chi connectivity index (χ2n) is 5.40. The van der Waals surface area contributed by atoms with Crippen molar-refractivity contribution in [2.75, 3.05) is 0 Å². The maximum absolute atomic E-state index is 10.9. The van der Waals surface area contributed by atoms with Gasteiger partial charge in [0.25, 0.3) is 0 Å². The van der Waals surface area contributed by atoms with E-state index in [-0.39, 0.29) is 11.9 Å². The van der Waals surface area contributed by atoms with Gasteiger partial charge in [0.2, 0.25) is 5.91 Å². The molecule has 0 heterocycles. The van der Waals surface area contributed by atoms with Crippen LogP contribution in [0.25, 0.3) is 0 Å². The lowest BCUT2D eigenvalue weighted by atomic mass is 9.81. The van der Waals surface area contributed by atoms with Crippen molar-refractivity contribution in [2.24, 2.45) is 5.73 Å². The molecule has 1 aliphatic carbocycles. The number of carbonyl (C=O) groups excluding carboxylic acids is 1. The first kappa shape index (κ1) is 13.1. The molecule has 98 valence electrons. The summed E-state index contributed by atoms with van der Waals surface area (Å²) in [5.74, 6) is 0.387. The van der Waals surface area contributed by atoms with Crippen LogP contribution in [0.5, 0.6) is 0 Å². The fourth-order valence-electron chi connectivity index (χ4n) is 2.88. The standard InChI is InChI=1S/C15H22N2O/c1-10-7-8-14(17-11(2)9-15(16)18)13-6-4-3-5-12(10)13/h3-6,10-11,14,17H,7-9H2,1-2H3,(H2,16,18)/t10-,11-,14+/m0/s1. The molecule has 0 aromatic heterocycles. The average molecular weight is 246 g/mol. The van der Waals surface area contributed by atoms with E-state index in [0.29, 0.717) is 18.4 Å². The van der Waals surface area contributed by atoms with Gasteiger partial charge in [-0.1, -0.05) is 31.2 Å². The van der Waals surface area contributed by atoms with E-state index in [1.54, 1.807) is 0 Å². The molecule has 1 amide bonds. The number of carbonyl (C=O) groups is 1. The van der Waals surface area contributed by atoms with E-state index >= 15 is 0 Å².